The number of carbonyl (C=O) groups is 2. The molecule has 26 heavy (non-hydrogen) atoms. The van der Waals surface area contributed by atoms with Gasteiger partial charge >= 0.3 is 5.97 Å². The van der Waals surface area contributed by atoms with Crippen LogP contribution < -0.4 is 4.74 Å². The molecule has 1 amide bonds. The van der Waals surface area contributed by atoms with Crippen LogP contribution in [0.25, 0.3) is 0 Å². The second-order valence-corrected chi connectivity index (χ2v) is 6.40. The molecule has 5 nitrogen and oxygen atoms in total. The van der Waals surface area contributed by atoms with E-state index in [-0.39, 0.29) is 18.4 Å². The molecule has 0 aliphatic heterocycles. The van der Waals surface area contributed by atoms with Crippen LogP contribution >= 0.6 is 11.6 Å². The summed E-state index contributed by atoms with van der Waals surface area (Å²) in [5.41, 5.74) is 1.40. The Labute approximate surface area is 158 Å². The number of halogens is 1. The van der Waals surface area contributed by atoms with Gasteiger partial charge in [-0.3, -0.25) is 9.59 Å². The van der Waals surface area contributed by atoms with Crippen molar-refractivity contribution in [3.05, 3.63) is 64.7 Å². The van der Waals surface area contributed by atoms with Gasteiger partial charge in [0, 0.05) is 23.7 Å². The van der Waals surface area contributed by atoms with Gasteiger partial charge in [0.05, 0.1) is 20.1 Å². The Morgan fingerprint density at radius 2 is 1.81 bits per heavy atom. The lowest BCUT2D eigenvalue weighted by Crippen LogP contribution is -2.36. The van der Waals surface area contributed by atoms with Crippen LogP contribution in [-0.4, -0.2) is 37.5 Å². The molecule has 2 aromatic carbocycles. The normalized spacial score (nSPS) is 11.5. The summed E-state index contributed by atoms with van der Waals surface area (Å²) in [6.45, 7) is 2.33. The summed E-state index contributed by atoms with van der Waals surface area (Å²) < 4.78 is 9.94. The monoisotopic (exact) mass is 375 g/mol. The third kappa shape index (κ3) is 5.23. The van der Waals surface area contributed by atoms with Gasteiger partial charge in [0.2, 0.25) is 0 Å². The molecule has 1 atom stereocenters. The van der Waals surface area contributed by atoms with E-state index >= 15 is 0 Å². The molecule has 0 saturated carbocycles. The molecule has 1 unspecified atom stereocenters. The number of carbonyl (C=O) groups excluding carboxylic acids is 2. The first kappa shape index (κ1) is 19.8. The summed E-state index contributed by atoms with van der Waals surface area (Å²) in [5.74, 6) is -0.256. The number of hydrogen-bond acceptors (Lipinski definition) is 4. The molecule has 6 heteroatoms. The summed E-state index contributed by atoms with van der Waals surface area (Å²) in [6.07, 6.45) is 0. The molecule has 0 fully saturated rings. The molecule has 0 radical (unpaired) electrons. The number of benzene rings is 2. The Balaban J connectivity index is 2.25. The molecule has 0 N–H and O–H groups in total. The van der Waals surface area contributed by atoms with Gasteiger partial charge in [-0.15, -0.1) is 0 Å². The van der Waals surface area contributed by atoms with Crippen molar-refractivity contribution in [2.75, 3.05) is 20.8 Å². The maximum absolute atomic E-state index is 13.0. The Hall–Kier alpha value is -2.53. The average Bonchev–Trinajstić information content (AvgIpc) is 2.66. The molecule has 0 aliphatic carbocycles. The zero-order valence-corrected chi connectivity index (χ0v) is 15.8. The van der Waals surface area contributed by atoms with E-state index < -0.39 is 5.92 Å². The second-order valence-electron chi connectivity index (χ2n) is 5.97. The fourth-order valence-electron chi connectivity index (χ4n) is 2.58. The van der Waals surface area contributed by atoms with Crippen molar-refractivity contribution in [3.8, 4) is 5.75 Å². The fourth-order valence-corrected chi connectivity index (χ4v) is 2.77. The Bertz CT molecular complexity index is 761. The molecule has 0 spiro atoms. The van der Waals surface area contributed by atoms with Gasteiger partial charge in [-0.1, -0.05) is 36.7 Å². The lowest BCUT2D eigenvalue weighted by atomic mass is 10.1. The molecular weight excluding hydrogens is 354 g/mol. The standard InChI is InChI=1S/C20H22ClNO4/c1-14(20(24)26-3)12-22(13-15-7-9-18(25-2)10-8-15)19(23)16-5-4-6-17(21)11-16/h4-11,14H,12-13H2,1-3H3. The molecular formula is C20H22ClNO4. The highest BCUT2D eigenvalue weighted by atomic mass is 35.5. The highest BCUT2D eigenvalue weighted by Gasteiger charge is 2.23. The number of methoxy groups -OCH3 is 2. The maximum atomic E-state index is 13.0. The van der Waals surface area contributed by atoms with Crippen molar-refractivity contribution in [2.24, 2.45) is 5.92 Å². The third-order valence-electron chi connectivity index (χ3n) is 3.99. The number of ether oxygens (including phenoxy) is 2. The van der Waals surface area contributed by atoms with Crippen LogP contribution in [0.15, 0.2) is 48.5 Å². The van der Waals surface area contributed by atoms with Crippen LogP contribution in [0.5, 0.6) is 5.75 Å². The SMILES string of the molecule is COC(=O)C(C)CN(Cc1ccc(OC)cc1)C(=O)c1cccc(Cl)c1. The predicted octanol–water partition coefficient (Wildman–Crippen LogP) is 3.80. The Kier molecular flexibility index (Phi) is 7.04. The minimum Gasteiger partial charge on any atom is -0.497 e. The van der Waals surface area contributed by atoms with Gasteiger partial charge in [-0.2, -0.15) is 0 Å². The number of hydrogen-bond donors (Lipinski definition) is 0. The third-order valence-corrected chi connectivity index (χ3v) is 4.22. The maximum Gasteiger partial charge on any atom is 0.310 e. The van der Waals surface area contributed by atoms with E-state index in [9.17, 15) is 9.59 Å². The van der Waals surface area contributed by atoms with E-state index in [0.29, 0.717) is 17.1 Å². The lowest BCUT2D eigenvalue weighted by molar-refractivity contribution is -0.145. The first-order valence-electron chi connectivity index (χ1n) is 8.20. The molecule has 0 saturated heterocycles. The summed E-state index contributed by atoms with van der Waals surface area (Å²) in [5, 5.41) is 0.487. The topological polar surface area (TPSA) is 55.8 Å². The highest BCUT2D eigenvalue weighted by molar-refractivity contribution is 6.30. The smallest absolute Gasteiger partial charge is 0.310 e. The highest BCUT2D eigenvalue weighted by Crippen LogP contribution is 2.18. The number of amides is 1. The van der Waals surface area contributed by atoms with E-state index in [2.05, 4.69) is 0 Å². The van der Waals surface area contributed by atoms with Gasteiger partial charge in [0.15, 0.2) is 0 Å². The van der Waals surface area contributed by atoms with Crippen LogP contribution in [0.4, 0.5) is 0 Å². The fraction of sp³-hybridized carbons (Fsp3) is 0.300. The molecule has 138 valence electrons. The van der Waals surface area contributed by atoms with E-state index in [4.69, 9.17) is 21.1 Å². The lowest BCUT2D eigenvalue weighted by Gasteiger charge is -2.25. The predicted molar refractivity (Wildman–Crippen MR) is 100 cm³/mol. The van der Waals surface area contributed by atoms with Crippen LogP contribution in [0, 0.1) is 5.92 Å². The molecule has 2 rings (SSSR count). The minimum atomic E-state index is -0.443. The second kappa shape index (κ2) is 9.25. The van der Waals surface area contributed by atoms with Crippen LogP contribution in [-0.2, 0) is 16.1 Å². The zero-order chi connectivity index (χ0) is 19.1. The van der Waals surface area contributed by atoms with Gasteiger partial charge < -0.3 is 14.4 Å². The number of nitrogens with zero attached hydrogens (tertiary/aromatic N) is 1. The van der Waals surface area contributed by atoms with Gasteiger partial charge in [-0.25, -0.2) is 0 Å². The quantitative estimate of drug-likeness (QED) is 0.691. The molecule has 2 aromatic rings. The van der Waals surface area contributed by atoms with E-state index in [1.165, 1.54) is 7.11 Å². The van der Waals surface area contributed by atoms with Gasteiger partial charge in [-0.05, 0) is 35.9 Å². The summed E-state index contributed by atoms with van der Waals surface area (Å²) in [4.78, 5) is 26.4. The Morgan fingerprint density at radius 3 is 2.38 bits per heavy atom. The van der Waals surface area contributed by atoms with Gasteiger partial charge in [0.1, 0.15) is 5.75 Å². The van der Waals surface area contributed by atoms with Crippen LogP contribution in [0.1, 0.15) is 22.8 Å². The first-order chi connectivity index (χ1) is 12.4. The van der Waals surface area contributed by atoms with Crippen LogP contribution in [0.2, 0.25) is 5.02 Å². The summed E-state index contributed by atoms with van der Waals surface area (Å²) in [7, 11) is 2.94. The zero-order valence-electron chi connectivity index (χ0n) is 15.1. The largest absolute Gasteiger partial charge is 0.497 e. The first-order valence-corrected chi connectivity index (χ1v) is 8.58. The van der Waals surface area contributed by atoms with Crippen molar-refractivity contribution >= 4 is 23.5 Å². The van der Waals surface area contributed by atoms with E-state index in [1.807, 2.05) is 24.3 Å². The molecule has 0 aromatic heterocycles. The average molecular weight is 376 g/mol. The minimum absolute atomic E-state index is 0.195. The van der Waals surface area contributed by atoms with Gasteiger partial charge in [0.25, 0.3) is 5.91 Å². The van der Waals surface area contributed by atoms with E-state index in [0.717, 1.165) is 11.3 Å². The summed E-state index contributed by atoms with van der Waals surface area (Å²) in [6, 6.07) is 14.2. The van der Waals surface area contributed by atoms with Crippen molar-refractivity contribution in [3.63, 3.8) is 0 Å². The van der Waals surface area contributed by atoms with Crippen LogP contribution in [0.3, 0.4) is 0 Å². The molecule has 0 bridgehead atoms. The summed E-state index contributed by atoms with van der Waals surface area (Å²) >= 11 is 6.01. The molecule has 0 aliphatic rings. The van der Waals surface area contributed by atoms with Crippen molar-refractivity contribution in [1.29, 1.82) is 0 Å². The van der Waals surface area contributed by atoms with Crippen molar-refractivity contribution in [1.82, 2.24) is 4.90 Å². The Morgan fingerprint density at radius 1 is 1.12 bits per heavy atom. The van der Waals surface area contributed by atoms with Crippen molar-refractivity contribution < 1.29 is 19.1 Å². The number of esters is 1. The van der Waals surface area contributed by atoms with Crippen molar-refractivity contribution in [2.45, 2.75) is 13.5 Å². The molecule has 0 heterocycles. The van der Waals surface area contributed by atoms with E-state index in [1.54, 1.807) is 43.2 Å². The number of rotatable bonds is 7.